The molecule has 0 unspecified atom stereocenters. The van der Waals surface area contributed by atoms with Crippen molar-refractivity contribution in [3.8, 4) is 17.9 Å². The monoisotopic (exact) mass is 321 g/mol. The van der Waals surface area contributed by atoms with Gasteiger partial charge in [-0.3, -0.25) is 15.5 Å². The summed E-state index contributed by atoms with van der Waals surface area (Å²) in [4.78, 5) is 10.5. The first kappa shape index (κ1) is 16.5. The average Bonchev–Trinajstić information content (AvgIpc) is 2.61. The molecule has 0 radical (unpaired) electrons. The van der Waals surface area contributed by atoms with E-state index in [0.29, 0.717) is 11.4 Å². The molecule has 0 aliphatic carbocycles. The van der Waals surface area contributed by atoms with Crippen LogP contribution < -0.4 is 10.2 Å². The van der Waals surface area contributed by atoms with Crippen molar-refractivity contribution in [3.63, 3.8) is 0 Å². The number of anilines is 1. The zero-order valence-electron chi connectivity index (χ0n) is 12.6. The van der Waals surface area contributed by atoms with Crippen LogP contribution in [0.4, 0.5) is 11.4 Å². The summed E-state index contributed by atoms with van der Waals surface area (Å²) in [6, 6.07) is 12.8. The van der Waals surface area contributed by atoms with E-state index >= 15 is 0 Å². The van der Waals surface area contributed by atoms with E-state index in [0.717, 1.165) is 6.07 Å². The highest BCUT2D eigenvalue weighted by molar-refractivity contribution is 5.87. The van der Waals surface area contributed by atoms with E-state index in [2.05, 4.69) is 10.5 Å². The molecule has 0 heterocycles. The van der Waals surface area contributed by atoms with Gasteiger partial charge in [0, 0.05) is 6.07 Å². The molecule has 24 heavy (non-hydrogen) atoms. The molecule has 1 N–H and O–H groups in total. The molecule has 0 atom stereocenters. The minimum absolute atomic E-state index is 0.0500. The number of ether oxygens (including phenoxy) is 1. The smallest absolute Gasteiger partial charge is 0.279 e. The molecule has 0 fully saturated rings. The molecule has 0 saturated heterocycles. The van der Waals surface area contributed by atoms with E-state index in [1.807, 2.05) is 6.07 Å². The molecule has 8 heteroatoms. The Labute approximate surface area is 137 Å². The third-order valence-electron chi connectivity index (χ3n) is 3.09. The second kappa shape index (κ2) is 7.38. The number of nitrogens with one attached hydrogen (secondary N) is 1. The SMILES string of the molecule is COc1ccc(N/N=C/c2cc(C#N)c(C#N)cc2[N+](=O)[O-])cc1. The van der Waals surface area contributed by atoms with E-state index in [1.165, 1.54) is 12.3 Å². The van der Waals surface area contributed by atoms with Crippen molar-refractivity contribution >= 4 is 17.6 Å². The van der Waals surface area contributed by atoms with Crippen LogP contribution in [0.1, 0.15) is 16.7 Å². The number of nitrogens with zero attached hydrogens (tertiary/aromatic N) is 4. The van der Waals surface area contributed by atoms with Crippen molar-refractivity contribution in [3.05, 3.63) is 63.2 Å². The number of nitriles is 2. The Morgan fingerprint density at radius 2 is 1.83 bits per heavy atom. The van der Waals surface area contributed by atoms with Crippen LogP contribution in [-0.2, 0) is 0 Å². The first-order valence-corrected chi connectivity index (χ1v) is 6.64. The lowest BCUT2D eigenvalue weighted by atomic mass is 10.0. The molecule has 0 aliphatic rings. The summed E-state index contributed by atoms with van der Waals surface area (Å²) >= 11 is 0. The summed E-state index contributed by atoms with van der Waals surface area (Å²) in [6.45, 7) is 0. The topological polar surface area (TPSA) is 124 Å². The van der Waals surface area contributed by atoms with Gasteiger partial charge in [0.05, 0.1) is 40.6 Å². The van der Waals surface area contributed by atoms with Gasteiger partial charge in [-0.1, -0.05) is 0 Å². The Morgan fingerprint density at radius 3 is 2.38 bits per heavy atom. The molecule has 0 aromatic heterocycles. The predicted octanol–water partition coefficient (Wildman–Crippen LogP) is 2.79. The highest BCUT2D eigenvalue weighted by atomic mass is 16.6. The van der Waals surface area contributed by atoms with Gasteiger partial charge in [0.15, 0.2) is 0 Å². The van der Waals surface area contributed by atoms with Crippen LogP contribution in [0.2, 0.25) is 0 Å². The third kappa shape index (κ3) is 3.64. The average molecular weight is 321 g/mol. The van der Waals surface area contributed by atoms with Gasteiger partial charge in [0.2, 0.25) is 0 Å². The lowest BCUT2D eigenvalue weighted by Crippen LogP contribution is -1.99. The first-order chi connectivity index (χ1) is 11.6. The quantitative estimate of drug-likeness (QED) is 0.513. The second-order valence-corrected chi connectivity index (χ2v) is 4.54. The fraction of sp³-hybridized carbons (Fsp3) is 0.0625. The Morgan fingerprint density at radius 1 is 1.21 bits per heavy atom. The molecule has 0 spiro atoms. The van der Waals surface area contributed by atoms with Gasteiger partial charge < -0.3 is 4.74 Å². The fourth-order valence-electron chi connectivity index (χ4n) is 1.89. The molecule has 2 aromatic carbocycles. The van der Waals surface area contributed by atoms with Crippen LogP contribution in [0, 0.1) is 32.8 Å². The zero-order valence-corrected chi connectivity index (χ0v) is 12.6. The van der Waals surface area contributed by atoms with Crippen LogP contribution >= 0.6 is 0 Å². The van der Waals surface area contributed by atoms with Gasteiger partial charge in [-0.05, 0) is 30.3 Å². The van der Waals surface area contributed by atoms with E-state index < -0.39 is 4.92 Å². The molecule has 0 aliphatic heterocycles. The summed E-state index contributed by atoms with van der Waals surface area (Å²) in [5.74, 6) is 0.686. The number of hydrogen-bond donors (Lipinski definition) is 1. The lowest BCUT2D eigenvalue weighted by Gasteiger charge is -2.03. The minimum atomic E-state index is -0.628. The Balaban J connectivity index is 2.28. The van der Waals surface area contributed by atoms with Gasteiger partial charge >= 0.3 is 0 Å². The van der Waals surface area contributed by atoms with E-state index in [-0.39, 0.29) is 22.4 Å². The van der Waals surface area contributed by atoms with E-state index in [4.69, 9.17) is 15.3 Å². The maximum Gasteiger partial charge on any atom is 0.279 e. The number of rotatable bonds is 5. The van der Waals surface area contributed by atoms with Gasteiger partial charge in [-0.2, -0.15) is 15.6 Å². The molecule has 8 nitrogen and oxygen atoms in total. The number of hydrogen-bond acceptors (Lipinski definition) is 7. The van der Waals surface area contributed by atoms with Crippen LogP contribution in [0.5, 0.6) is 5.75 Å². The van der Waals surface area contributed by atoms with Crippen LogP contribution in [-0.4, -0.2) is 18.2 Å². The number of hydrazone groups is 1. The lowest BCUT2D eigenvalue weighted by molar-refractivity contribution is -0.385. The number of nitro groups is 1. The second-order valence-electron chi connectivity index (χ2n) is 4.54. The minimum Gasteiger partial charge on any atom is -0.497 e. The molecular formula is C16H11N5O3. The molecule has 0 bridgehead atoms. The predicted molar refractivity (Wildman–Crippen MR) is 86.7 cm³/mol. The van der Waals surface area contributed by atoms with E-state index in [9.17, 15) is 10.1 Å². The maximum atomic E-state index is 11.1. The van der Waals surface area contributed by atoms with E-state index in [1.54, 1.807) is 37.4 Å². The van der Waals surface area contributed by atoms with Gasteiger partial charge in [-0.15, -0.1) is 0 Å². The van der Waals surface area contributed by atoms with Gasteiger partial charge in [-0.25, -0.2) is 0 Å². The largest absolute Gasteiger partial charge is 0.497 e. The highest BCUT2D eigenvalue weighted by Gasteiger charge is 2.17. The molecule has 118 valence electrons. The van der Waals surface area contributed by atoms with Crippen molar-refractivity contribution in [1.82, 2.24) is 0 Å². The summed E-state index contributed by atoms with van der Waals surface area (Å²) in [6.07, 6.45) is 1.23. The summed E-state index contributed by atoms with van der Waals surface area (Å²) in [7, 11) is 1.55. The number of benzene rings is 2. The Bertz CT molecular complexity index is 876. The van der Waals surface area contributed by atoms with Crippen LogP contribution in [0.15, 0.2) is 41.5 Å². The third-order valence-corrected chi connectivity index (χ3v) is 3.09. The van der Waals surface area contributed by atoms with Crippen molar-refractivity contribution in [2.24, 2.45) is 5.10 Å². The van der Waals surface area contributed by atoms with Gasteiger partial charge in [0.25, 0.3) is 5.69 Å². The Kier molecular flexibility index (Phi) is 5.06. The fourth-order valence-corrected chi connectivity index (χ4v) is 1.89. The molecule has 0 amide bonds. The summed E-state index contributed by atoms with van der Waals surface area (Å²) in [5.41, 5.74) is 3.20. The highest BCUT2D eigenvalue weighted by Crippen LogP contribution is 2.22. The van der Waals surface area contributed by atoms with Crippen LogP contribution in [0.3, 0.4) is 0 Å². The molecule has 2 aromatic rings. The summed E-state index contributed by atoms with van der Waals surface area (Å²) in [5, 5.41) is 33.0. The van der Waals surface area contributed by atoms with Gasteiger partial charge in [0.1, 0.15) is 17.9 Å². The maximum absolute atomic E-state index is 11.1. The molecule has 2 rings (SSSR count). The standard InChI is InChI=1S/C16H11N5O3/c1-24-15-4-2-14(3-5-15)20-19-10-13-6-11(8-17)12(9-18)7-16(13)21(22)23/h2-7,10,20H,1H3/b19-10+. The van der Waals surface area contributed by atoms with Crippen molar-refractivity contribution in [2.45, 2.75) is 0 Å². The number of nitro benzene ring substituents is 1. The van der Waals surface area contributed by atoms with Crippen molar-refractivity contribution in [2.75, 3.05) is 12.5 Å². The van der Waals surface area contributed by atoms with Crippen molar-refractivity contribution in [1.29, 1.82) is 10.5 Å². The first-order valence-electron chi connectivity index (χ1n) is 6.64. The zero-order chi connectivity index (χ0) is 17.5. The van der Waals surface area contributed by atoms with Crippen LogP contribution in [0.25, 0.3) is 0 Å². The molecular weight excluding hydrogens is 310 g/mol. The number of methoxy groups -OCH3 is 1. The Hall–Kier alpha value is -3.91. The van der Waals surface area contributed by atoms with Crippen molar-refractivity contribution < 1.29 is 9.66 Å². The normalized spacial score (nSPS) is 9.96. The summed E-state index contributed by atoms with van der Waals surface area (Å²) < 4.78 is 5.03. The molecule has 0 saturated carbocycles.